The van der Waals surface area contributed by atoms with E-state index in [1.165, 1.54) is 12.1 Å². The van der Waals surface area contributed by atoms with Crippen molar-refractivity contribution in [2.45, 2.75) is 38.4 Å². The fourth-order valence-corrected chi connectivity index (χ4v) is 3.31. The Morgan fingerprint density at radius 1 is 1.30 bits per heavy atom. The summed E-state index contributed by atoms with van der Waals surface area (Å²) < 4.78 is 45.0. The van der Waals surface area contributed by atoms with Crippen LogP contribution in [0, 0.1) is 5.92 Å². The van der Waals surface area contributed by atoms with Crippen molar-refractivity contribution in [1.29, 1.82) is 0 Å². The molecule has 0 spiro atoms. The molecule has 6 nitrogen and oxygen atoms in total. The van der Waals surface area contributed by atoms with Crippen LogP contribution in [-0.4, -0.2) is 29.3 Å². The highest BCUT2D eigenvalue weighted by atomic mass is 35.5. The van der Waals surface area contributed by atoms with Gasteiger partial charge in [0.25, 0.3) is 0 Å². The second-order valence-corrected chi connectivity index (χ2v) is 6.55. The monoisotopic (exact) mass is 406 g/mol. The molecule has 1 fully saturated rings. The summed E-state index contributed by atoms with van der Waals surface area (Å²) >= 11 is 0. The number of halogens is 4. The van der Waals surface area contributed by atoms with Crippen molar-refractivity contribution in [1.82, 2.24) is 15.5 Å². The average Bonchev–Trinajstić information content (AvgIpc) is 2.83. The second kappa shape index (κ2) is 8.79. The molecule has 2 atom stereocenters. The van der Waals surface area contributed by atoms with E-state index in [0.717, 1.165) is 38.4 Å². The van der Waals surface area contributed by atoms with Crippen molar-refractivity contribution in [3.05, 3.63) is 34.3 Å². The highest BCUT2D eigenvalue weighted by Gasteiger charge is 2.34. The fraction of sp³-hybridized carbons (Fsp3) is 0.529. The van der Waals surface area contributed by atoms with Crippen LogP contribution in [0.4, 0.5) is 18.9 Å². The van der Waals surface area contributed by atoms with E-state index >= 15 is 0 Å². The third-order valence-electron chi connectivity index (χ3n) is 4.72. The maximum absolute atomic E-state index is 13.4. The molecule has 10 heteroatoms. The lowest BCUT2D eigenvalue weighted by Gasteiger charge is -2.26. The Balaban J connectivity index is 0.00000261. The van der Waals surface area contributed by atoms with Crippen LogP contribution in [-0.2, 0) is 6.18 Å². The van der Waals surface area contributed by atoms with Crippen molar-refractivity contribution in [2.24, 2.45) is 5.92 Å². The summed E-state index contributed by atoms with van der Waals surface area (Å²) in [7, 11) is 0. The number of H-pyrrole nitrogens is 1. The highest BCUT2D eigenvalue weighted by molar-refractivity contribution is 5.85. The molecular weight excluding hydrogens is 385 g/mol. The second-order valence-electron chi connectivity index (χ2n) is 6.55. The summed E-state index contributed by atoms with van der Waals surface area (Å²) in [4.78, 5) is 11.1. The number of aromatic amines is 1. The van der Waals surface area contributed by atoms with Crippen molar-refractivity contribution in [3.8, 4) is 11.5 Å². The number of nitrogens with zero attached hydrogens (tertiary/aromatic N) is 1. The smallest absolute Gasteiger partial charge is 0.388 e. The van der Waals surface area contributed by atoms with Crippen LogP contribution in [0.5, 0.6) is 0 Å². The maximum Gasteiger partial charge on any atom is 0.434 e. The van der Waals surface area contributed by atoms with Gasteiger partial charge < -0.3 is 15.1 Å². The molecule has 0 amide bonds. The lowest BCUT2D eigenvalue weighted by atomic mass is 9.92. The lowest BCUT2D eigenvalue weighted by molar-refractivity contribution is -0.137. The predicted molar refractivity (Wildman–Crippen MR) is 98.1 cm³/mol. The number of alkyl halides is 3. The molecule has 0 aliphatic carbocycles. The van der Waals surface area contributed by atoms with E-state index in [-0.39, 0.29) is 35.9 Å². The van der Waals surface area contributed by atoms with Crippen LogP contribution in [0.15, 0.2) is 27.4 Å². The SMILES string of the molecule is C[C@H](Nc1cc(-c2n[nH]c(=O)o2)ccc1C(F)(F)F)C1CCCNCC1.Cl. The number of hydrogen-bond donors (Lipinski definition) is 3. The molecule has 27 heavy (non-hydrogen) atoms. The summed E-state index contributed by atoms with van der Waals surface area (Å²) in [6, 6.07) is 3.42. The van der Waals surface area contributed by atoms with E-state index in [0.29, 0.717) is 5.56 Å². The van der Waals surface area contributed by atoms with E-state index in [1.807, 2.05) is 6.92 Å². The minimum Gasteiger partial charge on any atom is -0.388 e. The largest absolute Gasteiger partial charge is 0.434 e. The van der Waals surface area contributed by atoms with Gasteiger partial charge in [-0.05, 0) is 63.4 Å². The van der Waals surface area contributed by atoms with E-state index < -0.39 is 17.5 Å². The van der Waals surface area contributed by atoms with Gasteiger partial charge in [-0.2, -0.15) is 13.2 Å². The zero-order valence-electron chi connectivity index (χ0n) is 14.7. The lowest BCUT2D eigenvalue weighted by Crippen LogP contribution is -2.28. The third kappa shape index (κ3) is 5.26. The first-order valence-corrected chi connectivity index (χ1v) is 8.59. The highest BCUT2D eigenvalue weighted by Crippen LogP contribution is 2.37. The van der Waals surface area contributed by atoms with E-state index in [4.69, 9.17) is 4.42 Å². The molecule has 1 saturated heterocycles. The minimum absolute atomic E-state index is 0. The topological polar surface area (TPSA) is 83.0 Å². The quantitative estimate of drug-likeness (QED) is 0.721. The van der Waals surface area contributed by atoms with Gasteiger partial charge in [0.15, 0.2) is 0 Å². The average molecular weight is 407 g/mol. The molecule has 2 aromatic rings. The minimum atomic E-state index is -4.49. The number of anilines is 1. The van der Waals surface area contributed by atoms with Crippen LogP contribution in [0.1, 0.15) is 31.7 Å². The van der Waals surface area contributed by atoms with Gasteiger partial charge in [0.2, 0.25) is 5.89 Å². The van der Waals surface area contributed by atoms with Crippen LogP contribution >= 0.6 is 12.4 Å². The molecule has 0 bridgehead atoms. The molecule has 1 aromatic heterocycles. The van der Waals surface area contributed by atoms with Gasteiger partial charge in [0, 0.05) is 17.3 Å². The number of benzene rings is 1. The fourth-order valence-electron chi connectivity index (χ4n) is 3.31. The Hall–Kier alpha value is -2.00. The number of aromatic nitrogens is 2. The Labute approximate surface area is 160 Å². The van der Waals surface area contributed by atoms with E-state index in [2.05, 4.69) is 20.8 Å². The molecule has 3 N–H and O–H groups in total. The summed E-state index contributed by atoms with van der Waals surface area (Å²) in [6.45, 7) is 3.70. The first-order chi connectivity index (χ1) is 12.3. The van der Waals surface area contributed by atoms with Gasteiger partial charge in [-0.25, -0.2) is 9.89 Å². The predicted octanol–water partition coefficient (Wildman–Crippen LogP) is 3.66. The molecule has 0 radical (unpaired) electrons. The summed E-state index contributed by atoms with van der Waals surface area (Å²) in [5.41, 5.74) is -0.489. The summed E-state index contributed by atoms with van der Waals surface area (Å²) in [6.07, 6.45) is -1.63. The van der Waals surface area contributed by atoms with Crippen LogP contribution < -0.4 is 16.4 Å². The molecule has 2 heterocycles. The molecule has 0 saturated carbocycles. The van der Waals surface area contributed by atoms with Gasteiger partial charge in [-0.3, -0.25) is 0 Å². The first-order valence-electron chi connectivity index (χ1n) is 8.59. The van der Waals surface area contributed by atoms with Crippen LogP contribution in [0.25, 0.3) is 11.5 Å². The molecule has 150 valence electrons. The van der Waals surface area contributed by atoms with Crippen molar-refractivity contribution < 1.29 is 17.6 Å². The zero-order valence-corrected chi connectivity index (χ0v) is 15.5. The zero-order chi connectivity index (χ0) is 18.7. The Morgan fingerprint density at radius 2 is 2.07 bits per heavy atom. The Morgan fingerprint density at radius 3 is 2.74 bits per heavy atom. The molecule has 1 unspecified atom stereocenters. The van der Waals surface area contributed by atoms with Gasteiger partial charge in [-0.15, -0.1) is 17.5 Å². The normalized spacial score (nSPS) is 19.0. The van der Waals surface area contributed by atoms with E-state index in [9.17, 15) is 18.0 Å². The standard InChI is InChI=1S/C17H21F3N4O2.ClH/c1-10(11-3-2-7-21-8-6-11)22-14-9-12(15-23-24-16(25)26-15)4-5-13(14)17(18,19)20;/h4-5,9-11,21-22H,2-3,6-8H2,1H3,(H,24,25);1H/t10-,11?;/m0./s1. The molecular formula is C17H22ClF3N4O2. The van der Waals surface area contributed by atoms with Crippen molar-refractivity contribution >= 4 is 18.1 Å². The molecule has 1 aliphatic heterocycles. The Bertz CT molecular complexity index is 798. The summed E-state index contributed by atoms with van der Waals surface area (Å²) in [5, 5.41) is 12.1. The van der Waals surface area contributed by atoms with Crippen LogP contribution in [0.2, 0.25) is 0 Å². The van der Waals surface area contributed by atoms with Crippen molar-refractivity contribution in [2.75, 3.05) is 18.4 Å². The number of rotatable bonds is 4. The maximum atomic E-state index is 13.4. The third-order valence-corrected chi connectivity index (χ3v) is 4.72. The Kier molecular flexibility index (Phi) is 6.94. The first kappa shape index (κ1) is 21.3. The van der Waals surface area contributed by atoms with Gasteiger partial charge in [-0.1, -0.05) is 0 Å². The molecule has 1 aromatic carbocycles. The van der Waals surface area contributed by atoms with Gasteiger partial charge >= 0.3 is 11.9 Å². The molecule has 1 aliphatic rings. The van der Waals surface area contributed by atoms with Gasteiger partial charge in [0.1, 0.15) is 0 Å². The van der Waals surface area contributed by atoms with Crippen LogP contribution in [0.3, 0.4) is 0 Å². The molecule has 3 rings (SSSR count). The van der Waals surface area contributed by atoms with Gasteiger partial charge in [0.05, 0.1) is 5.56 Å². The number of hydrogen-bond acceptors (Lipinski definition) is 5. The van der Waals surface area contributed by atoms with E-state index in [1.54, 1.807) is 0 Å². The summed E-state index contributed by atoms with van der Waals surface area (Å²) in [5.74, 6) is -0.523. The van der Waals surface area contributed by atoms with Crippen molar-refractivity contribution in [3.63, 3.8) is 0 Å². The number of nitrogens with one attached hydrogen (secondary N) is 3.